The van der Waals surface area contributed by atoms with Gasteiger partial charge in [-0.1, -0.05) is 11.8 Å². The summed E-state index contributed by atoms with van der Waals surface area (Å²) in [5, 5.41) is 9.28. The van der Waals surface area contributed by atoms with Gasteiger partial charge in [0.2, 0.25) is 0 Å². The van der Waals surface area contributed by atoms with Crippen molar-refractivity contribution in [3.63, 3.8) is 0 Å². The number of carbonyl (C=O) groups excluding carboxylic acids is 1. The standard InChI is InChI=1S/C21H23N3O4S/c1-14(2)28-19(25)13-29-21-23-22-20(15-5-9-17(26-3)10-6-15)24(21)16-7-11-18(27-4)12-8-16/h5-12,14H,13H2,1-4H3. The third-order valence-electron chi connectivity index (χ3n) is 4.00. The molecule has 0 saturated carbocycles. The highest BCUT2D eigenvalue weighted by molar-refractivity contribution is 7.99. The van der Waals surface area contributed by atoms with Crippen LogP contribution in [0.25, 0.3) is 17.1 Å². The van der Waals surface area contributed by atoms with Gasteiger partial charge < -0.3 is 14.2 Å². The van der Waals surface area contributed by atoms with E-state index in [4.69, 9.17) is 14.2 Å². The topological polar surface area (TPSA) is 75.5 Å². The molecule has 0 spiro atoms. The van der Waals surface area contributed by atoms with Crippen molar-refractivity contribution < 1.29 is 19.0 Å². The quantitative estimate of drug-likeness (QED) is 0.408. The highest BCUT2D eigenvalue weighted by Gasteiger charge is 2.18. The third kappa shape index (κ3) is 5.08. The van der Waals surface area contributed by atoms with E-state index >= 15 is 0 Å². The number of carbonyl (C=O) groups is 1. The zero-order valence-corrected chi connectivity index (χ0v) is 17.6. The first-order valence-electron chi connectivity index (χ1n) is 9.08. The van der Waals surface area contributed by atoms with Crippen LogP contribution in [-0.4, -0.2) is 46.8 Å². The average molecular weight is 413 g/mol. The Morgan fingerprint density at radius 3 is 2.10 bits per heavy atom. The lowest BCUT2D eigenvalue weighted by Gasteiger charge is -2.12. The summed E-state index contributed by atoms with van der Waals surface area (Å²) in [6, 6.07) is 15.2. The molecule has 0 aliphatic rings. The molecule has 0 radical (unpaired) electrons. The second kappa shape index (κ2) is 9.47. The number of hydrogen-bond donors (Lipinski definition) is 0. The van der Waals surface area contributed by atoms with Crippen molar-refractivity contribution in [1.29, 1.82) is 0 Å². The highest BCUT2D eigenvalue weighted by Crippen LogP contribution is 2.30. The Kier molecular flexibility index (Phi) is 6.77. The number of hydrogen-bond acceptors (Lipinski definition) is 7. The van der Waals surface area contributed by atoms with Crippen LogP contribution in [0.5, 0.6) is 11.5 Å². The third-order valence-corrected chi connectivity index (χ3v) is 4.90. The Morgan fingerprint density at radius 2 is 1.55 bits per heavy atom. The number of ether oxygens (including phenoxy) is 3. The van der Waals surface area contributed by atoms with Gasteiger partial charge in [-0.15, -0.1) is 10.2 Å². The summed E-state index contributed by atoms with van der Waals surface area (Å²) < 4.78 is 17.6. The van der Waals surface area contributed by atoms with Gasteiger partial charge in [0.25, 0.3) is 0 Å². The minimum Gasteiger partial charge on any atom is -0.497 e. The molecule has 3 rings (SSSR count). The minimum absolute atomic E-state index is 0.148. The van der Waals surface area contributed by atoms with Crippen LogP contribution in [0.4, 0.5) is 0 Å². The van der Waals surface area contributed by atoms with Crippen LogP contribution in [0, 0.1) is 0 Å². The van der Waals surface area contributed by atoms with Gasteiger partial charge in [0.05, 0.1) is 26.1 Å². The monoisotopic (exact) mass is 413 g/mol. The van der Waals surface area contributed by atoms with E-state index in [0.29, 0.717) is 11.0 Å². The van der Waals surface area contributed by atoms with Crippen molar-refractivity contribution in [1.82, 2.24) is 14.8 Å². The molecular formula is C21H23N3O4S. The van der Waals surface area contributed by atoms with Gasteiger partial charge in [-0.2, -0.15) is 0 Å². The van der Waals surface area contributed by atoms with Gasteiger partial charge in [0, 0.05) is 11.3 Å². The molecule has 1 heterocycles. The maximum atomic E-state index is 12.0. The van der Waals surface area contributed by atoms with E-state index in [0.717, 1.165) is 22.7 Å². The molecule has 152 valence electrons. The number of aromatic nitrogens is 3. The lowest BCUT2D eigenvalue weighted by atomic mass is 10.2. The minimum atomic E-state index is -0.291. The summed E-state index contributed by atoms with van der Waals surface area (Å²) in [6.45, 7) is 3.65. The fourth-order valence-corrected chi connectivity index (χ4v) is 3.41. The average Bonchev–Trinajstić information content (AvgIpc) is 3.16. The molecule has 0 saturated heterocycles. The zero-order valence-electron chi connectivity index (χ0n) is 16.8. The van der Waals surface area contributed by atoms with Gasteiger partial charge in [-0.3, -0.25) is 9.36 Å². The molecule has 0 N–H and O–H groups in total. The summed E-state index contributed by atoms with van der Waals surface area (Å²) in [6.07, 6.45) is -0.155. The molecule has 0 bridgehead atoms. The Balaban J connectivity index is 1.97. The van der Waals surface area contributed by atoms with Crippen LogP contribution in [0.3, 0.4) is 0 Å². The highest BCUT2D eigenvalue weighted by atomic mass is 32.2. The molecule has 7 nitrogen and oxygen atoms in total. The van der Waals surface area contributed by atoms with Crippen molar-refractivity contribution in [3.05, 3.63) is 48.5 Å². The molecule has 3 aromatic rings. The molecule has 0 unspecified atom stereocenters. The number of rotatable bonds is 8. The van der Waals surface area contributed by atoms with Crippen LogP contribution in [0.15, 0.2) is 53.7 Å². The molecular weight excluding hydrogens is 390 g/mol. The first kappa shape index (κ1) is 20.7. The zero-order chi connectivity index (χ0) is 20.8. The number of benzene rings is 2. The Morgan fingerprint density at radius 1 is 0.966 bits per heavy atom. The van der Waals surface area contributed by atoms with E-state index in [2.05, 4.69) is 10.2 Å². The SMILES string of the molecule is COc1ccc(-c2nnc(SCC(=O)OC(C)C)n2-c2ccc(OC)cc2)cc1. The van der Waals surface area contributed by atoms with Crippen molar-refractivity contribution in [2.24, 2.45) is 0 Å². The molecule has 29 heavy (non-hydrogen) atoms. The molecule has 0 aliphatic carbocycles. The fourth-order valence-electron chi connectivity index (χ4n) is 2.67. The van der Waals surface area contributed by atoms with Gasteiger partial charge >= 0.3 is 5.97 Å². The number of thioether (sulfide) groups is 1. The normalized spacial score (nSPS) is 10.8. The van der Waals surface area contributed by atoms with Crippen LogP contribution in [0.2, 0.25) is 0 Å². The van der Waals surface area contributed by atoms with Crippen molar-refractivity contribution in [2.45, 2.75) is 25.1 Å². The smallest absolute Gasteiger partial charge is 0.316 e. The molecule has 0 amide bonds. The molecule has 0 fully saturated rings. The number of methoxy groups -OCH3 is 2. The van der Waals surface area contributed by atoms with Crippen LogP contribution >= 0.6 is 11.8 Å². The number of nitrogens with zero attached hydrogens (tertiary/aromatic N) is 3. The number of esters is 1. The first-order valence-corrected chi connectivity index (χ1v) is 10.1. The van der Waals surface area contributed by atoms with Crippen molar-refractivity contribution >= 4 is 17.7 Å². The van der Waals surface area contributed by atoms with Gasteiger partial charge in [-0.25, -0.2) is 0 Å². The van der Waals surface area contributed by atoms with Gasteiger partial charge in [-0.05, 0) is 62.4 Å². The summed E-state index contributed by atoms with van der Waals surface area (Å²) in [5.41, 5.74) is 1.74. The maximum Gasteiger partial charge on any atom is 0.316 e. The van der Waals surface area contributed by atoms with Crippen molar-refractivity contribution in [3.8, 4) is 28.6 Å². The first-order chi connectivity index (χ1) is 14.0. The second-order valence-electron chi connectivity index (χ2n) is 6.40. The largest absolute Gasteiger partial charge is 0.497 e. The fraction of sp³-hybridized carbons (Fsp3) is 0.286. The van der Waals surface area contributed by atoms with Crippen LogP contribution < -0.4 is 9.47 Å². The van der Waals surface area contributed by atoms with Crippen molar-refractivity contribution in [2.75, 3.05) is 20.0 Å². The van der Waals surface area contributed by atoms with E-state index in [1.54, 1.807) is 14.2 Å². The molecule has 2 aromatic carbocycles. The summed E-state index contributed by atoms with van der Waals surface area (Å²) in [7, 11) is 3.25. The van der Waals surface area contributed by atoms with Crippen LogP contribution in [-0.2, 0) is 9.53 Å². The lowest BCUT2D eigenvalue weighted by molar-refractivity contribution is -0.144. The Labute approximate surface area is 174 Å². The molecule has 0 aliphatic heterocycles. The Hall–Kier alpha value is -3.00. The Bertz CT molecular complexity index is 953. The summed E-state index contributed by atoms with van der Waals surface area (Å²) in [4.78, 5) is 12.0. The van der Waals surface area contributed by atoms with Crippen LogP contribution in [0.1, 0.15) is 13.8 Å². The molecule has 8 heteroatoms. The lowest BCUT2D eigenvalue weighted by Crippen LogP contribution is -2.13. The van der Waals surface area contributed by atoms with E-state index in [9.17, 15) is 4.79 Å². The van der Waals surface area contributed by atoms with E-state index in [1.165, 1.54) is 11.8 Å². The van der Waals surface area contributed by atoms with Gasteiger partial charge in [0.15, 0.2) is 11.0 Å². The molecule has 1 aromatic heterocycles. The van der Waals surface area contributed by atoms with E-state index < -0.39 is 0 Å². The van der Waals surface area contributed by atoms with E-state index in [-0.39, 0.29) is 17.8 Å². The summed E-state index contributed by atoms with van der Waals surface area (Å²) >= 11 is 1.28. The second-order valence-corrected chi connectivity index (χ2v) is 7.34. The maximum absolute atomic E-state index is 12.0. The molecule has 0 atom stereocenters. The predicted molar refractivity (Wildman–Crippen MR) is 112 cm³/mol. The summed E-state index contributed by atoms with van der Waals surface area (Å²) in [5.74, 6) is 2.03. The van der Waals surface area contributed by atoms with E-state index in [1.807, 2.05) is 66.9 Å². The predicted octanol–water partition coefficient (Wildman–Crippen LogP) is 4.00. The van der Waals surface area contributed by atoms with Gasteiger partial charge in [0.1, 0.15) is 11.5 Å².